The number of hydrogen-bond donors (Lipinski definition) is 1. The molecule has 0 spiro atoms. The van der Waals surface area contributed by atoms with Crippen LogP contribution >= 0.6 is 0 Å². The van der Waals surface area contributed by atoms with Crippen LogP contribution in [0, 0.1) is 0 Å². The molecule has 0 aromatic carbocycles. The summed E-state index contributed by atoms with van der Waals surface area (Å²) in [5, 5.41) is 3.43. The summed E-state index contributed by atoms with van der Waals surface area (Å²) in [6, 6.07) is 4.55. The Morgan fingerprint density at radius 2 is 1.95 bits per heavy atom. The Labute approximate surface area is 116 Å². The second-order valence-corrected chi connectivity index (χ2v) is 5.95. The third kappa shape index (κ3) is 3.54. The number of pyridine rings is 1. The molecule has 3 rings (SSSR count). The maximum atomic E-state index is 4.61. The zero-order valence-electron chi connectivity index (χ0n) is 11.8. The van der Waals surface area contributed by atoms with Crippen LogP contribution in [0.4, 0.5) is 0 Å². The van der Waals surface area contributed by atoms with Crippen LogP contribution in [0.2, 0.25) is 0 Å². The predicted molar refractivity (Wildman–Crippen MR) is 78.2 cm³/mol. The van der Waals surface area contributed by atoms with Crippen molar-refractivity contribution in [1.29, 1.82) is 0 Å². The van der Waals surface area contributed by atoms with Crippen molar-refractivity contribution in [2.24, 2.45) is 0 Å². The molecule has 19 heavy (non-hydrogen) atoms. The zero-order chi connectivity index (χ0) is 12.9. The standard InChI is InChI=1S/C16H25N3/c1-2-10-19(11-3-1)13-14-4-9-18-16(12-14)15-5-7-17-8-6-15/h4,9,12,15,17H,1-3,5-8,10-11,13H2. The highest BCUT2D eigenvalue weighted by molar-refractivity contribution is 5.20. The molecule has 2 saturated heterocycles. The lowest BCUT2D eigenvalue weighted by Crippen LogP contribution is -2.29. The molecule has 1 N–H and O–H groups in total. The molecule has 0 radical (unpaired) electrons. The first kappa shape index (κ1) is 13.1. The van der Waals surface area contributed by atoms with Crippen LogP contribution in [0.15, 0.2) is 18.3 Å². The Kier molecular flexibility index (Phi) is 4.46. The fourth-order valence-electron chi connectivity index (χ4n) is 3.31. The van der Waals surface area contributed by atoms with Gasteiger partial charge in [-0.2, -0.15) is 0 Å². The summed E-state index contributed by atoms with van der Waals surface area (Å²) in [5.41, 5.74) is 2.77. The van der Waals surface area contributed by atoms with Crippen LogP contribution in [0.3, 0.4) is 0 Å². The van der Waals surface area contributed by atoms with Crippen LogP contribution in [-0.4, -0.2) is 36.1 Å². The van der Waals surface area contributed by atoms with Gasteiger partial charge >= 0.3 is 0 Å². The van der Waals surface area contributed by atoms with Gasteiger partial charge in [0.1, 0.15) is 0 Å². The Bertz CT molecular complexity index is 393. The highest BCUT2D eigenvalue weighted by Gasteiger charge is 2.17. The Balaban J connectivity index is 1.64. The largest absolute Gasteiger partial charge is 0.317 e. The number of nitrogens with one attached hydrogen (secondary N) is 1. The van der Waals surface area contributed by atoms with E-state index in [0.29, 0.717) is 5.92 Å². The van der Waals surface area contributed by atoms with E-state index in [0.717, 1.165) is 19.6 Å². The monoisotopic (exact) mass is 259 g/mol. The zero-order valence-corrected chi connectivity index (χ0v) is 11.8. The number of nitrogens with zero attached hydrogens (tertiary/aromatic N) is 2. The molecule has 1 aromatic heterocycles. The molecule has 0 amide bonds. The van der Waals surface area contributed by atoms with E-state index >= 15 is 0 Å². The fourth-order valence-corrected chi connectivity index (χ4v) is 3.31. The van der Waals surface area contributed by atoms with Gasteiger partial charge in [-0.3, -0.25) is 9.88 Å². The molecule has 1 aromatic rings. The van der Waals surface area contributed by atoms with Gasteiger partial charge in [-0.15, -0.1) is 0 Å². The summed E-state index contributed by atoms with van der Waals surface area (Å²) in [5.74, 6) is 0.669. The summed E-state index contributed by atoms with van der Waals surface area (Å²) in [4.78, 5) is 7.20. The molecule has 0 atom stereocenters. The second-order valence-electron chi connectivity index (χ2n) is 5.95. The van der Waals surface area contributed by atoms with Crippen molar-refractivity contribution in [2.45, 2.75) is 44.6 Å². The van der Waals surface area contributed by atoms with Crippen LogP contribution in [-0.2, 0) is 6.54 Å². The van der Waals surface area contributed by atoms with Gasteiger partial charge in [0.05, 0.1) is 0 Å². The van der Waals surface area contributed by atoms with Crippen molar-refractivity contribution in [2.75, 3.05) is 26.2 Å². The van der Waals surface area contributed by atoms with Crippen molar-refractivity contribution < 1.29 is 0 Å². The van der Waals surface area contributed by atoms with Crippen molar-refractivity contribution >= 4 is 0 Å². The number of rotatable bonds is 3. The molecular weight excluding hydrogens is 234 g/mol. The topological polar surface area (TPSA) is 28.2 Å². The molecule has 3 nitrogen and oxygen atoms in total. The van der Waals surface area contributed by atoms with Crippen molar-refractivity contribution in [3.63, 3.8) is 0 Å². The normalized spacial score (nSPS) is 22.5. The minimum atomic E-state index is 0.669. The van der Waals surface area contributed by atoms with Crippen LogP contribution < -0.4 is 5.32 Å². The van der Waals surface area contributed by atoms with Gasteiger partial charge in [0.2, 0.25) is 0 Å². The summed E-state index contributed by atoms with van der Waals surface area (Å²) in [6.07, 6.45) is 8.63. The van der Waals surface area contributed by atoms with Gasteiger partial charge < -0.3 is 5.32 Å². The lowest BCUT2D eigenvalue weighted by atomic mass is 9.93. The van der Waals surface area contributed by atoms with E-state index in [2.05, 4.69) is 27.3 Å². The maximum Gasteiger partial charge on any atom is 0.0438 e. The van der Waals surface area contributed by atoms with E-state index in [1.165, 1.54) is 56.5 Å². The van der Waals surface area contributed by atoms with E-state index in [9.17, 15) is 0 Å². The third-order valence-electron chi connectivity index (χ3n) is 4.46. The maximum absolute atomic E-state index is 4.61. The first-order valence-electron chi connectivity index (χ1n) is 7.80. The van der Waals surface area contributed by atoms with E-state index in [4.69, 9.17) is 0 Å². The molecule has 2 fully saturated rings. The predicted octanol–water partition coefficient (Wildman–Crippen LogP) is 2.53. The first-order chi connectivity index (χ1) is 9.42. The van der Waals surface area contributed by atoms with E-state index in [1.54, 1.807) is 0 Å². The molecule has 0 unspecified atom stereocenters. The minimum absolute atomic E-state index is 0.669. The van der Waals surface area contributed by atoms with Crippen LogP contribution in [0.25, 0.3) is 0 Å². The first-order valence-corrected chi connectivity index (χ1v) is 7.80. The molecule has 2 aliphatic rings. The molecular formula is C16H25N3. The quantitative estimate of drug-likeness (QED) is 0.904. The summed E-state index contributed by atoms with van der Waals surface area (Å²) in [7, 11) is 0. The van der Waals surface area contributed by atoms with Gasteiger partial charge in [-0.25, -0.2) is 0 Å². The third-order valence-corrected chi connectivity index (χ3v) is 4.46. The number of hydrogen-bond acceptors (Lipinski definition) is 3. The van der Waals surface area contributed by atoms with Gasteiger partial charge in [0.15, 0.2) is 0 Å². The van der Waals surface area contributed by atoms with E-state index in [1.807, 2.05) is 6.20 Å². The van der Waals surface area contributed by atoms with Crippen LogP contribution in [0.5, 0.6) is 0 Å². The Hall–Kier alpha value is -0.930. The van der Waals surface area contributed by atoms with Crippen molar-refractivity contribution in [3.8, 4) is 0 Å². The smallest absolute Gasteiger partial charge is 0.0438 e. The summed E-state index contributed by atoms with van der Waals surface area (Å²) in [6.45, 7) is 5.93. The minimum Gasteiger partial charge on any atom is -0.317 e. The van der Waals surface area contributed by atoms with Crippen molar-refractivity contribution in [3.05, 3.63) is 29.6 Å². The molecule has 0 saturated carbocycles. The molecule has 3 heterocycles. The summed E-state index contributed by atoms with van der Waals surface area (Å²) < 4.78 is 0. The van der Waals surface area contributed by atoms with E-state index < -0.39 is 0 Å². The average molecular weight is 259 g/mol. The molecule has 0 bridgehead atoms. The SMILES string of the molecule is c1cc(CN2CCCCC2)cc(C2CCNCC2)n1. The van der Waals surface area contributed by atoms with Crippen LogP contribution in [0.1, 0.15) is 49.3 Å². The van der Waals surface area contributed by atoms with Gasteiger partial charge in [-0.1, -0.05) is 6.42 Å². The number of aromatic nitrogens is 1. The molecule has 0 aliphatic carbocycles. The summed E-state index contributed by atoms with van der Waals surface area (Å²) >= 11 is 0. The number of likely N-dealkylation sites (tertiary alicyclic amines) is 1. The van der Waals surface area contributed by atoms with Gasteiger partial charge in [0.25, 0.3) is 0 Å². The highest BCUT2D eigenvalue weighted by Crippen LogP contribution is 2.24. The Morgan fingerprint density at radius 3 is 2.74 bits per heavy atom. The Morgan fingerprint density at radius 1 is 1.16 bits per heavy atom. The molecule has 104 valence electrons. The highest BCUT2D eigenvalue weighted by atomic mass is 15.1. The second kappa shape index (κ2) is 6.49. The lowest BCUT2D eigenvalue weighted by Gasteiger charge is -2.27. The van der Waals surface area contributed by atoms with Gasteiger partial charge in [0, 0.05) is 24.4 Å². The fraction of sp³-hybridized carbons (Fsp3) is 0.688. The number of piperidine rings is 2. The van der Waals surface area contributed by atoms with Crippen molar-refractivity contribution in [1.82, 2.24) is 15.2 Å². The lowest BCUT2D eigenvalue weighted by molar-refractivity contribution is 0.220. The van der Waals surface area contributed by atoms with E-state index in [-0.39, 0.29) is 0 Å². The van der Waals surface area contributed by atoms with Gasteiger partial charge in [-0.05, 0) is 69.6 Å². The molecule has 2 aliphatic heterocycles. The average Bonchev–Trinajstić information content (AvgIpc) is 2.49. The molecule has 3 heteroatoms.